The van der Waals surface area contributed by atoms with E-state index in [2.05, 4.69) is 24.3 Å². The van der Waals surface area contributed by atoms with Crippen LogP contribution in [0.15, 0.2) is 30.3 Å². The summed E-state index contributed by atoms with van der Waals surface area (Å²) >= 11 is 12.6. The smallest absolute Gasteiger partial charge is 0.0412 e. The van der Waals surface area contributed by atoms with Crippen LogP contribution in [-0.4, -0.2) is 0 Å². The molecular weight excluding hydrogens is 287 g/mol. The largest absolute Gasteiger partial charge is 0.0881 e. The summed E-state index contributed by atoms with van der Waals surface area (Å²) in [5.74, 6) is 0. The minimum Gasteiger partial charge on any atom is -0.0881 e. The van der Waals surface area contributed by atoms with Crippen molar-refractivity contribution in [3.63, 3.8) is 0 Å². The Morgan fingerprint density at radius 3 is 2.60 bits per heavy atom. The predicted molar refractivity (Wildman–Crippen MR) is 85.2 cm³/mol. The van der Waals surface area contributed by atoms with Gasteiger partial charge in [0.2, 0.25) is 0 Å². The van der Waals surface area contributed by atoms with Gasteiger partial charge < -0.3 is 0 Å². The summed E-state index contributed by atoms with van der Waals surface area (Å²) < 4.78 is 0. The van der Waals surface area contributed by atoms with Crippen LogP contribution < -0.4 is 10.4 Å². The highest BCUT2D eigenvalue weighted by atomic mass is 35.5. The van der Waals surface area contributed by atoms with E-state index >= 15 is 0 Å². The van der Waals surface area contributed by atoms with Crippen LogP contribution in [0.4, 0.5) is 0 Å². The molecule has 2 heteroatoms. The first kappa shape index (κ1) is 12.5. The van der Waals surface area contributed by atoms with E-state index in [1.807, 2.05) is 12.1 Å². The van der Waals surface area contributed by atoms with Gasteiger partial charge in [0.1, 0.15) is 0 Å². The lowest BCUT2D eigenvalue weighted by Crippen LogP contribution is -2.21. The number of halogens is 2. The van der Waals surface area contributed by atoms with Crippen LogP contribution in [0.5, 0.6) is 0 Å². The number of benzene rings is 2. The van der Waals surface area contributed by atoms with Crippen molar-refractivity contribution in [3.8, 4) is 0 Å². The second kappa shape index (κ2) is 4.65. The van der Waals surface area contributed by atoms with Gasteiger partial charge in [0.15, 0.2) is 0 Å². The van der Waals surface area contributed by atoms with Gasteiger partial charge in [0.05, 0.1) is 0 Å². The van der Waals surface area contributed by atoms with E-state index in [9.17, 15) is 0 Å². The first-order chi connectivity index (χ1) is 9.74. The molecule has 0 saturated carbocycles. The molecular formula is C18H14Cl2. The zero-order valence-corrected chi connectivity index (χ0v) is 12.6. The van der Waals surface area contributed by atoms with Crippen LogP contribution in [0, 0.1) is 10.4 Å². The Bertz CT molecular complexity index is 923. The molecule has 0 spiro atoms. The summed E-state index contributed by atoms with van der Waals surface area (Å²) in [6.45, 7) is 0. The van der Waals surface area contributed by atoms with Gasteiger partial charge in [-0.25, -0.2) is 0 Å². The second-order valence-corrected chi connectivity index (χ2v) is 6.42. The van der Waals surface area contributed by atoms with E-state index in [1.54, 1.807) is 0 Å². The molecule has 2 aromatic carbocycles. The second-order valence-electron chi connectivity index (χ2n) is 5.53. The predicted octanol–water partition coefficient (Wildman–Crippen LogP) is 3.65. The molecule has 0 radical (unpaired) electrons. The molecule has 0 heterocycles. The molecule has 0 aliphatic heterocycles. The van der Waals surface area contributed by atoms with Crippen molar-refractivity contribution < 1.29 is 0 Å². The Morgan fingerprint density at radius 2 is 1.70 bits per heavy atom. The fourth-order valence-corrected chi connectivity index (χ4v) is 3.88. The fourth-order valence-electron chi connectivity index (χ4n) is 3.41. The lowest BCUT2D eigenvalue weighted by molar-refractivity contribution is 0.824. The van der Waals surface area contributed by atoms with Gasteiger partial charge in [-0.15, -0.1) is 0 Å². The quantitative estimate of drug-likeness (QED) is 0.697. The molecule has 0 bridgehead atoms. The molecule has 0 atom stereocenters. The number of hydrogen-bond acceptors (Lipinski definition) is 0. The molecule has 0 N–H and O–H groups in total. The SMILES string of the molecule is ClC1=c2cc(Cl)ccc2=c2ccc3c(c2C1)CCCC=3. The molecule has 0 fully saturated rings. The highest BCUT2D eigenvalue weighted by Gasteiger charge is 2.14. The fraction of sp³-hybridized carbons (Fsp3) is 0.222. The van der Waals surface area contributed by atoms with E-state index in [4.69, 9.17) is 23.2 Å². The maximum Gasteiger partial charge on any atom is 0.0412 e. The average molecular weight is 301 g/mol. The van der Waals surface area contributed by atoms with Crippen molar-refractivity contribution in [2.24, 2.45) is 0 Å². The summed E-state index contributed by atoms with van der Waals surface area (Å²) in [7, 11) is 0. The van der Waals surface area contributed by atoms with Crippen molar-refractivity contribution in [2.45, 2.75) is 25.7 Å². The molecule has 2 aliphatic rings. The molecule has 4 rings (SSSR count). The molecule has 0 amide bonds. The number of rotatable bonds is 0. The monoisotopic (exact) mass is 300 g/mol. The summed E-state index contributed by atoms with van der Waals surface area (Å²) in [5, 5.41) is 6.69. The molecule has 0 aromatic heterocycles. The van der Waals surface area contributed by atoms with E-state index in [1.165, 1.54) is 46.0 Å². The van der Waals surface area contributed by atoms with Gasteiger partial charge >= 0.3 is 0 Å². The van der Waals surface area contributed by atoms with Gasteiger partial charge in [-0.1, -0.05) is 47.5 Å². The van der Waals surface area contributed by atoms with Gasteiger partial charge in [0, 0.05) is 16.5 Å². The van der Waals surface area contributed by atoms with Crippen LogP contribution >= 0.6 is 23.2 Å². The molecule has 2 aromatic rings. The maximum atomic E-state index is 6.54. The lowest BCUT2D eigenvalue weighted by atomic mass is 9.89. The Morgan fingerprint density at radius 1 is 0.850 bits per heavy atom. The van der Waals surface area contributed by atoms with Crippen LogP contribution in [0.2, 0.25) is 5.02 Å². The molecule has 100 valence electrons. The first-order valence-corrected chi connectivity index (χ1v) is 7.79. The standard InChI is InChI=1S/C18H14Cl2/c19-12-6-8-15-14-7-5-11-3-1-2-4-13(11)16(14)10-18(20)17(15)9-12/h3,5-9H,1-2,4,10H2. The Balaban J connectivity index is 2.24. The maximum absolute atomic E-state index is 6.54. The molecule has 0 nitrogen and oxygen atoms in total. The minimum absolute atomic E-state index is 0.747. The molecule has 20 heavy (non-hydrogen) atoms. The topological polar surface area (TPSA) is 0 Å². The Hall–Kier alpha value is -1.24. The van der Waals surface area contributed by atoms with Crippen molar-refractivity contribution in [1.29, 1.82) is 0 Å². The van der Waals surface area contributed by atoms with E-state index in [0.29, 0.717) is 0 Å². The van der Waals surface area contributed by atoms with E-state index in [0.717, 1.165) is 21.7 Å². The lowest BCUT2D eigenvalue weighted by Gasteiger charge is -2.17. The van der Waals surface area contributed by atoms with Gasteiger partial charge in [0.25, 0.3) is 0 Å². The van der Waals surface area contributed by atoms with Crippen molar-refractivity contribution in [3.05, 3.63) is 67.4 Å². The third kappa shape index (κ3) is 1.82. The molecule has 2 aliphatic carbocycles. The van der Waals surface area contributed by atoms with E-state index in [-0.39, 0.29) is 0 Å². The highest BCUT2D eigenvalue weighted by Crippen LogP contribution is 2.23. The average Bonchev–Trinajstić information content (AvgIpc) is 2.47. The van der Waals surface area contributed by atoms with Crippen molar-refractivity contribution in [1.82, 2.24) is 0 Å². The summed E-state index contributed by atoms with van der Waals surface area (Å²) in [4.78, 5) is 0. The molecule has 0 saturated heterocycles. The van der Waals surface area contributed by atoms with Crippen molar-refractivity contribution in [2.75, 3.05) is 0 Å². The number of hydrogen-bond donors (Lipinski definition) is 0. The highest BCUT2D eigenvalue weighted by molar-refractivity contribution is 6.45. The normalized spacial score (nSPS) is 16.0. The third-order valence-corrected chi connectivity index (χ3v) is 4.93. The third-order valence-electron chi connectivity index (χ3n) is 4.36. The van der Waals surface area contributed by atoms with Gasteiger partial charge in [-0.2, -0.15) is 0 Å². The molecule has 0 unspecified atom stereocenters. The zero-order chi connectivity index (χ0) is 13.7. The minimum atomic E-state index is 0.747. The van der Waals surface area contributed by atoms with Crippen molar-refractivity contribution >= 4 is 34.3 Å². The Labute approximate surface area is 127 Å². The zero-order valence-electron chi connectivity index (χ0n) is 11.0. The van der Waals surface area contributed by atoms with Crippen LogP contribution in [0.1, 0.15) is 24.0 Å². The van der Waals surface area contributed by atoms with Gasteiger partial charge in [-0.3, -0.25) is 0 Å². The summed E-state index contributed by atoms with van der Waals surface area (Å²) in [5.41, 5.74) is 2.91. The Kier molecular flexibility index (Phi) is 2.90. The van der Waals surface area contributed by atoms with Gasteiger partial charge in [-0.05, 0) is 63.4 Å². The van der Waals surface area contributed by atoms with E-state index < -0.39 is 0 Å². The summed E-state index contributed by atoms with van der Waals surface area (Å²) in [6.07, 6.45) is 6.79. The number of fused-ring (bicyclic) bond motifs is 4. The van der Waals surface area contributed by atoms with Crippen LogP contribution in [0.3, 0.4) is 0 Å². The first-order valence-electron chi connectivity index (χ1n) is 7.03. The van der Waals surface area contributed by atoms with Crippen LogP contribution in [0.25, 0.3) is 11.1 Å². The summed E-state index contributed by atoms with van der Waals surface area (Å²) in [6, 6.07) is 10.5. The van der Waals surface area contributed by atoms with Crippen LogP contribution in [-0.2, 0) is 12.8 Å².